The molecule has 0 unspecified atom stereocenters. The van der Waals surface area contributed by atoms with Gasteiger partial charge in [0.2, 0.25) is 5.91 Å². The predicted molar refractivity (Wildman–Crippen MR) is 71.9 cm³/mol. The fourth-order valence-electron chi connectivity index (χ4n) is 1.58. The van der Waals surface area contributed by atoms with Gasteiger partial charge in [-0.05, 0) is 26.8 Å². The van der Waals surface area contributed by atoms with Gasteiger partial charge in [-0.15, -0.1) is 0 Å². The lowest BCUT2D eigenvalue weighted by molar-refractivity contribution is -0.128. The molecule has 0 aliphatic carbocycles. The van der Waals surface area contributed by atoms with E-state index in [0.717, 1.165) is 11.4 Å². The summed E-state index contributed by atoms with van der Waals surface area (Å²) >= 11 is 0. The second-order valence-electron chi connectivity index (χ2n) is 4.84. The van der Waals surface area contributed by atoms with Crippen molar-refractivity contribution in [2.75, 3.05) is 26.0 Å². The van der Waals surface area contributed by atoms with Crippen LogP contribution in [-0.2, 0) is 4.79 Å². The first-order valence-corrected chi connectivity index (χ1v) is 5.87. The summed E-state index contributed by atoms with van der Waals surface area (Å²) in [4.78, 5) is 15.8. The number of rotatable bonds is 5. The van der Waals surface area contributed by atoms with Gasteiger partial charge in [0, 0.05) is 19.3 Å². The number of ether oxygens (including phenoxy) is 1. The summed E-state index contributed by atoms with van der Waals surface area (Å²) in [6, 6.07) is 1.90. The highest BCUT2D eigenvalue weighted by molar-refractivity contribution is 5.82. The molecule has 2 N–H and O–H groups in total. The number of hydrogen-bond acceptors (Lipinski definition) is 4. The lowest BCUT2D eigenvalue weighted by atomic mass is 9.92. The molecule has 1 amide bonds. The molecule has 0 aromatic carbocycles. The molecule has 1 aromatic rings. The summed E-state index contributed by atoms with van der Waals surface area (Å²) in [5, 5.41) is 5.89. The van der Waals surface area contributed by atoms with Crippen LogP contribution in [-0.4, -0.2) is 31.6 Å². The Morgan fingerprint density at radius 1 is 1.50 bits per heavy atom. The number of hydrogen-bond donors (Lipinski definition) is 2. The Balaban J connectivity index is 2.80. The fourth-order valence-corrected chi connectivity index (χ4v) is 1.58. The fraction of sp³-hybridized carbons (Fsp3) is 0.538. The average molecular weight is 251 g/mol. The third-order valence-corrected chi connectivity index (χ3v) is 2.79. The molecule has 0 atom stereocenters. The minimum Gasteiger partial charge on any atom is -0.493 e. The maximum absolute atomic E-state index is 11.7. The maximum Gasteiger partial charge on any atom is 0.227 e. The van der Waals surface area contributed by atoms with Gasteiger partial charge in [-0.25, -0.2) is 0 Å². The van der Waals surface area contributed by atoms with Crippen molar-refractivity contribution in [2.45, 2.75) is 20.8 Å². The number of amides is 1. The Kier molecular flexibility index (Phi) is 4.53. The van der Waals surface area contributed by atoms with Crippen molar-refractivity contribution in [3.63, 3.8) is 0 Å². The summed E-state index contributed by atoms with van der Waals surface area (Å²) in [6.07, 6.45) is 1.67. The summed E-state index contributed by atoms with van der Waals surface area (Å²) < 4.78 is 5.23. The van der Waals surface area contributed by atoms with E-state index in [0.29, 0.717) is 12.3 Å². The van der Waals surface area contributed by atoms with Crippen molar-refractivity contribution in [2.24, 2.45) is 5.41 Å². The van der Waals surface area contributed by atoms with Crippen LogP contribution in [0.5, 0.6) is 5.75 Å². The Bertz CT molecular complexity index is 430. The Labute approximate surface area is 108 Å². The van der Waals surface area contributed by atoms with Crippen molar-refractivity contribution < 1.29 is 9.53 Å². The topological polar surface area (TPSA) is 63.2 Å². The maximum atomic E-state index is 11.7. The summed E-state index contributed by atoms with van der Waals surface area (Å²) in [7, 11) is 3.24. The van der Waals surface area contributed by atoms with Gasteiger partial charge in [0.15, 0.2) is 5.75 Å². The molecule has 1 heterocycles. The quantitative estimate of drug-likeness (QED) is 0.834. The molecule has 18 heavy (non-hydrogen) atoms. The summed E-state index contributed by atoms with van der Waals surface area (Å²) in [6.45, 7) is 6.21. The van der Waals surface area contributed by atoms with E-state index in [1.54, 1.807) is 20.4 Å². The van der Waals surface area contributed by atoms with Gasteiger partial charge in [0.1, 0.15) is 0 Å². The minimum absolute atomic E-state index is 0.000236. The predicted octanol–water partition coefficient (Wildman–Crippen LogP) is 1.58. The van der Waals surface area contributed by atoms with Gasteiger partial charge in [0.05, 0.1) is 24.4 Å². The van der Waals surface area contributed by atoms with Crippen molar-refractivity contribution >= 4 is 11.6 Å². The molecule has 0 spiro atoms. The zero-order valence-electron chi connectivity index (χ0n) is 11.6. The highest BCUT2D eigenvalue weighted by Gasteiger charge is 2.26. The number of carbonyl (C=O) groups is 1. The Morgan fingerprint density at radius 2 is 2.17 bits per heavy atom. The molecule has 0 saturated heterocycles. The van der Waals surface area contributed by atoms with Crippen LogP contribution < -0.4 is 15.4 Å². The number of anilines is 1. The van der Waals surface area contributed by atoms with Crippen molar-refractivity contribution in [1.29, 1.82) is 0 Å². The van der Waals surface area contributed by atoms with Crippen LogP contribution in [0.1, 0.15) is 19.5 Å². The van der Waals surface area contributed by atoms with Crippen LogP contribution in [0.2, 0.25) is 0 Å². The molecule has 1 aromatic heterocycles. The second-order valence-corrected chi connectivity index (χ2v) is 4.84. The first-order valence-electron chi connectivity index (χ1n) is 5.87. The SMILES string of the molecule is CNC(=O)C(C)(C)CNc1cc(C)ncc1OC. The molecule has 100 valence electrons. The molecule has 0 aliphatic rings. The van der Waals surface area contributed by atoms with Gasteiger partial charge in [0.25, 0.3) is 0 Å². The summed E-state index contributed by atoms with van der Waals surface area (Å²) in [5.74, 6) is 0.674. The monoisotopic (exact) mass is 251 g/mol. The molecular formula is C13H21N3O2. The van der Waals surface area contributed by atoms with E-state index >= 15 is 0 Å². The van der Waals surface area contributed by atoms with Gasteiger partial charge in [-0.2, -0.15) is 0 Å². The van der Waals surface area contributed by atoms with Crippen LogP contribution >= 0.6 is 0 Å². The third kappa shape index (κ3) is 3.35. The lowest BCUT2D eigenvalue weighted by Crippen LogP contribution is -2.39. The minimum atomic E-state index is -0.489. The van der Waals surface area contributed by atoms with Crippen molar-refractivity contribution in [3.05, 3.63) is 18.0 Å². The van der Waals surface area contributed by atoms with E-state index in [1.807, 2.05) is 26.8 Å². The number of carbonyl (C=O) groups excluding carboxylic acids is 1. The zero-order valence-corrected chi connectivity index (χ0v) is 11.6. The van der Waals surface area contributed by atoms with Gasteiger partial charge in [-0.1, -0.05) is 0 Å². The molecule has 0 fully saturated rings. The highest BCUT2D eigenvalue weighted by Crippen LogP contribution is 2.25. The van der Waals surface area contributed by atoms with Crippen LogP contribution in [0.15, 0.2) is 12.3 Å². The Hall–Kier alpha value is -1.78. The molecular weight excluding hydrogens is 230 g/mol. The van der Waals surface area contributed by atoms with E-state index < -0.39 is 5.41 Å². The van der Waals surface area contributed by atoms with E-state index in [2.05, 4.69) is 15.6 Å². The van der Waals surface area contributed by atoms with Gasteiger partial charge < -0.3 is 15.4 Å². The molecule has 0 aliphatic heterocycles. The van der Waals surface area contributed by atoms with E-state index in [9.17, 15) is 4.79 Å². The zero-order chi connectivity index (χ0) is 13.8. The Morgan fingerprint density at radius 3 is 2.72 bits per heavy atom. The van der Waals surface area contributed by atoms with Gasteiger partial charge in [-0.3, -0.25) is 9.78 Å². The third-order valence-electron chi connectivity index (χ3n) is 2.79. The van der Waals surface area contributed by atoms with E-state index in [4.69, 9.17) is 4.74 Å². The number of aromatic nitrogens is 1. The number of nitrogens with one attached hydrogen (secondary N) is 2. The number of pyridine rings is 1. The first-order chi connectivity index (χ1) is 8.40. The van der Waals surface area contributed by atoms with Crippen LogP contribution in [0, 0.1) is 12.3 Å². The molecule has 0 saturated carbocycles. The molecule has 0 bridgehead atoms. The first kappa shape index (κ1) is 14.3. The molecule has 5 heteroatoms. The smallest absolute Gasteiger partial charge is 0.227 e. The summed E-state index contributed by atoms with van der Waals surface area (Å²) in [5.41, 5.74) is 1.26. The standard InChI is InChI=1S/C13H21N3O2/c1-9-6-10(11(18-5)7-15-9)16-8-13(2,3)12(17)14-4/h6-7H,8H2,1-5H3,(H,14,17)(H,15,16). The van der Waals surface area contributed by atoms with Crippen molar-refractivity contribution in [1.82, 2.24) is 10.3 Å². The lowest BCUT2D eigenvalue weighted by Gasteiger charge is -2.24. The van der Waals surface area contributed by atoms with Crippen LogP contribution in [0.4, 0.5) is 5.69 Å². The largest absolute Gasteiger partial charge is 0.493 e. The molecule has 0 radical (unpaired) electrons. The van der Waals surface area contributed by atoms with Gasteiger partial charge >= 0.3 is 0 Å². The number of aryl methyl sites for hydroxylation is 1. The second kappa shape index (κ2) is 5.71. The van der Waals surface area contributed by atoms with Crippen molar-refractivity contribution in [3.8, 4) is 5.75 Å². The normalized spacial score (nSPS) is 10.9. The van der Waals surface area contributed by atoms with Crippen LogP contribution in [0.3, 0.4) is 0 Å². The number of methoxy groups -OCH3 is 1. The average Bonchev–Trinajstić information content (AvgIpc) is 2.35. The highest BCUT2D eigenvalue weighted by atomic mass is 16.5. The van der Waals surface area contributed by atoms with Crippen LogP contribution in [0.25, 0.3) is 0 Å². The van der Waals surface area contributed by atoms with E-state index in [-0.39, 0.29) is 5.91 Å². The molecule has 5 nitrogen and oxygen atoms in total. The molecule has 1 rings (SSSR count). The van der Waals surface area contributed by atoms with E-state index in [1.165, 1.54) is 0 Å². The number of nitrogens with zero attached hydrogens (tertiary/aromatic N) is 1.